The molecule has 1 N–H and O–H groups in total. The average molecular weight is 282 g/mol. The van der Waals surface area contributed by atoms with Gasteiger partial charge in [-0.25, -0.2) is 0 Å². The molecule has 1 fully saturated rings. The lowest BCUT2D eigenvalue weighted by Gasteiger charge is -2.33. The van der Waals surface area contributed by atoms with Gasteiger partial charge < -0.3 is 10.0 Å². The van der Waals surface area contributed by atoms with E-state index in [0.717, 1.165) is 18.4 Å². The number of hydrogen-bond acceptors (Lipinski definition) is 2. The molecular formula is C15H20ClNO2. The van der Waals surface area contributed by atoms with Crippen LogP contribution in [0.3, 0.4) is 0 Å². The summed E-state index contributed by atoms with van der Waals surface area (Å²) in [6, 6.07) is 5.43. The number of nitrogens with zero attached hydrogens (tertiary/aromatic N) is 1. The Balaban J connectivity index is 2.07. The average Bonchev–Trinajstić information content (AvgIpc) is 2.41. The summed E-state index contributed by atoms with van der Waals surface area (Å²) < 4.78 is 0. The first kappa shape index (κ1) is 14.4. The molecule has 1 aliphatic rings. The van der Waals surface area contributed by atoms with E-state index in [1.54, 1.807) is 6.07 Å². The van der Waals surface area contributed by atoms with E-state index < -0.39 is 0 Å². The van der Waals surface area contributed by atoms with Crippen molar-refractivity contribution in [2.45, 2.75) is 32.8 Å². The monoisotopic (exact) mass is 281 g/mol. The van der Waals surface area contributed by atoms with Crippen molar-refractivity contribution in [3.63, 3.8) is 0 Å². The standard InChI is InChI=1S/C15H20ClNO2/c1-10-13(4-3-5-14(10)16)15(19)17-8-6-12(7-9-17)11(2)18/h3-5,11-12,18H,6-9H2,1-2H3. The fraction of sp³-hybridized carbons (Fsp3) is 0.533. The van der Waals surface area contributed by atoms with Crippen LogP contribution in [-0.4, -0.2) is 35.1 Å². The Morgan fingerprint density at radius 3 is 2.63 bits per heavy atom. The Bertz CT molecular complexity index is 465. The van der Waals surface area contributed by atoms with Crippen LogP contribution in [0, 0.1) is 12.8 Å². The topological polar surface area (TPSA) is 40.5 Å². The molecule has 0 radical (unpaired) electrons. The number of carbonyl (C=O) groups is 1. The second-order valence-corrected chi connectivity index (χ2v) is 5.69. The molecule has 104 valence electrons. The fourth-order valence-electron chi connectivity index (χ4n) is 2.59. The first-order valence-corrected chi connectivity index (χ1v) is 7.11. The van der Waals surface area contributed by atoms with Crippen LogP contribution in [0.4, 0.5) is 0 Å². The summed E-state index contributed by atoms with van der Waals surface area (Å²) in [6.07, 6.45) is 1.44. The lowest BCUT2D eigenvalue weighted by Crippen LogP contribution is -2.41. The normalized spacial score (nSPS) is 18.4. The Hall–Kier alpha value is -1.06. The maximum Gasteiger partial charge on any atom is 0.254 e. The first-order valence-electron chi connectivity index (χ1n) is 6.73. The molecule has 0 saturated carbocycles. The molecule has 1 aliphatic heterocycles. The molecule has 1 aromatic carbocycles. The summed E-state index contributed by atoms with van der Waals surface area (Å²) in [6.45, 7) is 5.11. The molecule has 19 heavy (non-hydrogen) atoms. The molecule has 0 bridgehead atoms. The van der Waals surface area contributed by atoms with Crippen molar-refractivity contribution in [2.75, 3.05) is 13.1 Å². The van der Waals surface area contributed by atoms with Crippen molar-refractivity contribution in [3.8, 4) is 0 Å². The van der Waals surface area contributed by atoms with E-state index >= 15 is 0 Å². The summed E-state index contributed by atoms with van der Waals surface area (Å²) >= 11 is 6.06. The van der Waals surface area contributed by atoms with Gasteiger partial charge in [0.25, 0.3) is 5.91 Å². The van der Waals surface area contributed by atoms with Gasteiger partial charge in [0.05, 0.1) is 6.10 Å². The molecule has 1 aromatic rings. The minimum atomic E-state index is -0.287. The fourth-order valence-corrected chi connectivity index (χ4v) is 2.77. The molecule has 1 heterocycles. The largest absolute Gasteiger partial charge is 0.393 e. The highest BCUT2D eigenvalue weighted by atomic mass is 35.5. The van der Waals surface area contributed by atoms with Gasteiger partial charge in [-0.1, -0.05) is 17.7 Å². The van der Waals surface area contributed by atoms with E-state index in [-0.39, 0.29) is 12.0 Å². The Labute approximate surface area is 119 Å². The summed E-state index contributed by atoms with van der Waals surface area (Å²) in [5.41, 5.74) is 1.52. The first-order chi connectivity index (χ1) is 9.00. The van der Waals surface area contributed by atoms with Gasteiger partial charge in [0.2, 0.25) is 0 Å². The van der Waals surface area contributed by atoms with Crippen LogP contribution >= 0.6 is 11.6 Å². The number of carbonyl (C=O) groups excluding carboxylic acids is 1. The second kappa shape index (κ2) is 5.93. The van der Waals surface area contributed by atoms with E-state index in [4.69, 9.17) is 11.6 Å². The molecule has 0 aromatic heterocycles. The van der Waals surface area contributed by atoms with Gasteiger partial charge in [-0.3, -0.25) is 4.79 Å². The summed E-state index contributed by atoms with van der Waals surface area (Å²) in [7, 11) is 0. The van der Waals surface area contributed by atoms with E-state index in [2.05, 4.69) is 0 Å². The van der Waals surface area contributed by atoms with Crippen LogP contribution in [0.5, 0.6) is 0 Å². The third-order valence-corrected chi connectivity index (χ3v) is 4.42. The Kier molecular flexibility index (Phi) is 4.48. The molecule has 2 rings (SSSR count). The zero-order valence-electron chi connectivity index (χ0n) is 11.4. The number of benzene rings is 1. The number of aliphatic hydroxyl groups is 1. The van der Waals surface area contributed by atoms with Gasteiger partial charge >= 0.3 is 0 Å². The summed E-state index contributed by atoms with van der Waals surface area (Å²) in [4.78, 5) is 14.3. The number of hydrogen-bond donors (Lipinski definition) is 1. The lowest BCUT2D eigenvalue weighted by molar-refractivity contribution is 0.0521. The van der Waals surface area contributed by atoms with Gasteiger partial charge in [0.15, 0.2) is 0 Å². The molecule has 3 nitrogen and oxygen atoms in total. The molecule has 0 aliphatic carbocycles. The van der Waals surface area contributed by atoms with Crippen molar-refractivity contribution < 1.29 is 9.90 Å². The van der Waals surface area contributed by atoms with Crippen LogP contribution in [-0.2, 0) is 0 Å². The molecule has 1 atom stereocenters. The third kappa shape index (κ3) is 3.10. The molecule has 0 spiro atoms. The van der Waals surface area contributed by atoms with Crippen molar-refractivity contribution >= 4 is 17.5 Å². The van der Waals surface area contributed by atoms with Crippen molar-refractivity contribution in [1.82, 2.24) is 4.90 Å². The smallest absolute Gasteiger partial charge is 0.254 e. The van der Waals surface area contributed by atoms with Crippen molar-refractivity contribution in [1.29, 1.82) is 0 Å². The van der Waals surface area contributed by atoms with Gasteiger partial charge in [0.1, 0.15) is 0 Å². The summed E-state index contributed by atoms with van der Waals surface area (Å²) in [5.74, 6) is 0.355. The van der Waals surface area contributed by atoms with Crippen LogP contribution in [0.1, 0.15) is 35.7 Å². The highest BCUT2D eigenvalue weighted by molar-refractivity contribution is 6.31. The predicted octanol–water partition coefficient (Wildman–Crippen LogP) is 2.88. The highest BCUT2D eigenvalue weighted by Gasteiger charge is 2.26. The van der Waals surface area contributed by atoms with Gasteiger partial charge in [-0.2, -0.15) is 0 Å². The Morgan fingerprint density at radius 2 is 2.05 bits per heavy atom. The zero-order valence-corrected chi connectivity index (χ0v) is 12.2. The van der Waals surface area contributed by atoms with E-state index in [0.29, 0.717) is 29.6 Å². The highest BCUT2D eigenvalue weighted by Crippen LogP contribution is 2.24. The minimum Gasteiger partial charge on any atom is -0.393 e. The van der Waals surface area contributed by atoms with E-state index in [9.17, 15) is 9.90 Å². The van der Waals surface area contributed by atoms with Gasteiger partial charge in [-0.05, 0) is 50.3 Å². The number of halogens is 1. The Morgan fingerprint density at radius 1 is 1.42 bits per heavy atom. The van der Waals surface area contributed by atoms with Crippen molar-refractivity contribution in [3.05, 3.63) is 34.3 Å². The quantitative estimate of drug-likeness (QED) is 0.905. The van der Waals surface area contributed by atoms with Crippen LogP contribution in [0.15, 0.2) is 18.2 Å². The number of aliphatic hydroxyl groups excluding tert-OH is 1. The van der Waals surface area contributed by atoms with Crippen molar-refractivity contribution in [2.24, 2.45) is 5.92 Å². The molecule has 1 amide bonds. The van der Waals surface area contributed by atoms with Crippen LogP contribution in [0.25, 0.3) is 0 Å². The maximum atomic E-state index is 12.5. The van der Waals surface area contributed by atoms with E-state index in [1.165, 1.54) is 0 Å². The third-order valence-electron chi connectivity index (χ3n) is 4.01. The number of likely N-dealkylation sites (tertiary alicyclic amines) is 1. The predicted molar refractivity (Wildman–Crippen MR) is 76.5 cm³/mol. The molecule has 4 heteroatoms. The number of piperidine rings is 1. The second-order valence-electron chi connectivity index (χ2n) is 5.28. The molecular weight excluding hydrogens is 262 g/mol. The number of rotatable bonds is 2. The van der Waals surface area contributed by atoms with Gasteiger partial charge in [0, 0.05) is 23.7 Å². The molecule has 1 unspecified atom stereocenters. The minimum absolute atomic E-state index is 0.0454. The van der Waals surface area contributed by atoms with Crippen LogP contribution in [0.2, 0.25) is 5.02 Å². The zero-order chi connectivity index (χ0) is 14.0. The van der Waals surface area contributed by atoms with E-state index in [1.807, 2.05) is 30.9 Å². The SMILES string of the molecule is Cc1c(Cl)cccc1C(=O)N1CCC(C(C)O)CC1. The maximum absolute atomic E-state index is 12.5. The lowest BCUT2D eigenvalue weighted by atomic mass is 9.91. The molecule has 1 saturated heterocycles. The number of amides is 1. The summed E-state index contributed by atoms with van der Waals surface area (Å²) in [5, 5.41) is 10.2. The van der Waals surface area contributed by atoms with Crippen LogP contribution < -0.4 is 0 Å². The van der Waals surface area contributed by atoms with Gasteiger partial charge in [-0.15, -0.1) is 0 Å².